The number of fused-ring (bicyclic) bond motifs is 5. The molecule has 0 saturated heterocycles. The van der Waals surface area contributed by atoms with Crippen molar-refractivity contribution in [3.8, 4) is 22.9 Å². The summed E-state index contributed by atoms with van der Waals surface area (Å²) in [5.41, 5.74) is 6.54. The van der Waals surface area contributed by atoms with E-state index in [9.17, 15) is 0 Å². The second kappa shape index (κ2) is 3.98. The van der Waals surface area contributed by atoms with E-state index in [1.165, 1.54) is 27.8 Å². The van der Waals surface area contributed by atoms with Crippen molar-refractivity contribution in [3.05, 3.63) is 41.0 Å². The van der Waals surface area contributed by atoms with E-state index in [2.05, 4.69) is 29.2 Å². The molecule has 2 aromatic rings. The van der Waals surface area contributed by atoms with Gasteiger partial charge in [-0.15, -0.1) is 0 Å². The predicted octanol–water partition coefficient (Wildman–Crippen LogP) is 2.79. The van der Waals surface area contributed by atoms with Crippen LogP contribution >= 0.6 is 0 Å². The van der Waals surface area contributed by atoms with Crippen molar-refractivity contribution in [1.29, 1.82) is 0 Å². The lowest BCUT2D eigenvalue weighted by Gasteiger charge is -2.23. The van der Waals surface area contributed by atoms with E-state index in [0.717, 1.165) is 37.6 Å². The molecule has 1 aromatic carbocycles. The van der Waals surface area contributed by atoms with Gasteiger partial charge in [-0.2, -0.15) is 4.98 Å². The zero-order valence-electron chi connectivity index (χ0n) is 10.9. The molecular formula is C16H15NO2. The number of pyridine rings is 1. The summed E-state index contributed by atoms with van der Waals surface area (Å²) in [4.78, 5) is 4.51. The molecule has 1 aliphatic heterocycles. The zero-order valence-corrected chi connectivity index (χ0v) is 10.9. The lowest BCUT2D eigenvalue weighted by molar-refractivity contribution is 0.332. The highest BCUT2D eigenvalue weighted by Gasteiger charge is 2.28. The summed E-state index contributed by atoms with van der Waals surface area (Å²) in [6, 6.07) is 8.63. The molecule has 3 heteroatoms. The number of rotatable bonds is 1. The molecule has 0 spiro atoms. The van der Waals surface area contributed by atoms with Gasteiger partial charge in [-0.25, -0.2) is 0 Å². The highest BCUT2D eigenvalue weighted by molar-refractivity contribution is 5.79. The average molecular weight is 253 g/mol. The molecule has 0 saturated carbocycles. The molecule has 0 N–H and O–H groups in total. The number of hydrogen-bond donors (Lipinski definition) is 0. The quantitative estimate of drug-likeness (QED) is 0.783. The third kappa shape index (κ3) is 1.47. The Morgan fingerprint density at radius 2 is 2.00 bits per heavy atom. The molecule has 0 amide bonds. The first kappa shape index (κ1) is 10.9. The maximum Gasteiger partial charge on any atom is 0.220 e. The Morgan fingerprint density at radius 3 is 2.89 bits per heavy atom. The number of ether oxygens (including phenoxy) is 2. The standard InChI is InChI=1S/C16H15NO2/c1-18-15-12-7-6-10-4-2-3-5-11(10)14(12)13-8-9-19-16(13)17-15/h2-5H,6-9H2,1H3. The van der Waals surface area contributed by atoms with Crippen LogP contribution in [0.4, 0.5) is 0 Å². The molecule has 0 atom stereocenters. The Balaban J connectivity index is 2.06. The number of aromatic nitrogens is 1. The summed E-state index contributed by atoms with van der Waals surface area (Å²) in [5.74, 6) is 1.48. The number of nitrogens with zero attached hydrogens (tertiary/aromatic N) is 1. The maximum atomic E-state index is 5.63. The minimum atomic E-state index is 0.726. The molecule has 19 heavy (non-hydrogen) atoms. The van der Waals surface area contributed by atoms with Crippen molar-refractivity contribution in [2.24, 2.45) is 0 Å². The minimum absolute atomic E-state index is 0.726. The lowest BCUT2D eigenvalue weighted by Crippen LogP contribution is -2.09. The molecule has 2 heterocycles. The molecule has 1 aliphatic carbocycles. The van der Waals surface area contributed by atoms with Gasteiger partial charge in [0.2, 0.25) is 11.8 Å². The van der Waals surface area contributed by atoms with Crippen LogP contribution in [0, 0.1) is 0 Å². The highest BCUT2D eigenvalue weighted by Crippen LogP contribution is 2.44. The Labute approximate surface area is 112 Å². The van der Waals surface area contributed by atoms with E-state index in [1.54, 1.807) is 7.11 Å². The van der Waals surface area contributed by atoms with Crippen LogP contribution < -0.4 is 9.47 Å². The summed E-state index contributed by atoms with van der Waals surface area (Å²) in [6.45, 7) is 0.726. The lowest BCUT2D eigenvalue weighted by atomic mass is 9.83. The Kier molecular flexibility index (Phi) is 2.28. The van der Waals surface area contributed by atoms with Crippen LogP contribution in [0.3, 0.4) is 0 Å². The number of hydrogen-bond acceptors (Lipinski definition) is 3. The minimum Gasteiger partial charge on any atom is -0.481 e. The number of methoxy groups -OCH3 is 1. The van der Waals surface area contributed by atoms with Crippen molar-refractivity contribution in [3.63, 3.8) is 0 Å². The van der Waals surface area contributed by atoms with Crippen LogP contribution in [0.5, 0.6) is 11.8 Å². The van der Waals surface area contributed by atoms with Gasteiger partial charge in [0, 0.05) is 17.5 Å². The summed E-state index contributed by atoms with van der Waals surface area (Å²) in [7, 11) is 1.68. The van der Waals surface area contributed by atoms with Crippen molar-refractivity contribution in [1.82, 2.24) is 4.98 Å². The van der Waals surface area contributed by atoms with E-state index in [-0.39, 0.29) is 0 Å². The smallest absolute Gasteiger partial charge is 0.220 e. The monoisotopic (exact) mass is 253 g/mol. The van der Waals surface area contributed by atoms with Gasteiger partial charge in [0.25, 0.3) is 0 Å². The van der Waals surface area contributed by atoms with Gasteiger partial charge < -0.3 is 9.47 Å². The van der Waals surface area contributed by atoms with Crippen LogP contribution in [0.1, 0.15) is 16.7 Å². The van der Waals surface area contributed by atoms with Crippen molar-refractivity contribution in [2.45, 2.75) is 19.3 Å². The molecule has 2 aliphatic rings. The fourth-order valence-corrected chi connectivity index (χ4v) is 3.19. The molecule has 0 fully saturated rings. The highest BCUT2D eigenvalue weighted by atomic mass is 16.5. The SMILES string of the molecule is COc1nc2c(c3c1CCc1ccccc1-3)CCO2. The van der Waals surface area contributed by atoms with Crippen LogP contribution in [0.25, 0.3) is 11.1 Å². The van der Waals surface area contributed by atoms with Gasteiger partial charge in [0.1, 0.15) is 0 Å². The van der Waals surface area contributed by atoms with Gasteiger partial charge in [-0.1, -0.05) is 24.3 Å². The molecule has 96 valence electrons. The molecule has 0 bridgehead atoms. The zero-order chi connectivity index (χ0) is 12.8. The van der Waals surface area contributed by atoms with E-state index in [4.69, 9.17) is 9.47 Å². The van der Waals surface area contributed by atoms with Gasteiger partial charge in [0.15, 0.2) is 0 Å². The van der Waals surface area contributed by atoms with E-state index in [0.29, 0.717) is 0 Å². The molecule has 0 radical (unpaired) electrons. The molecule has 0 unspecified atom stereocenters. The number of benzene rings is 1. The summed E-state index contributed by atoms with van der Waals surface area (Å²) in [6.07, 6.45) is 3.00. The second-order valence-electron chi connectivity index (χ2n) is 5.01. The van der Waals surface area contributed by atoms with Crippen LogP contribution in [0.15, 0.2) is 24.3 Å². The molecular weight excluding hydrogens is 238 g/mol. The first-order valence-electron chi connectivity index (χ1n) is 6.69. The van der Waals surface area contributed by atoms with Crippen LogP contribution in [-0.2, 0) is 19.3 Å². The Hall–Kier alpha value is -2.03. The summed E-state index contributed by atoms with van der Waals surface area (Å²) >= 11 is 0. The fraction of sp³-hybridized carbons (Fsp3) is 0.312. The van der Waals surface area contributed by atoms with Crippen molar-refractivity contribution >= 4 is 0 Å². The third-order valence-corrected chi connectivity index (χ3v) is 4.04. The number of aryl methyl sites for hydroxylation is 1. The summed E-state index contributed by atoms with van der Waals surface area (Å²) in [5, 5.41) is 0. The largest absolute Gasteiger partial charge is 0.481 e. The van der Waals surface area contributed by atoms with Crippen LogP contribution in [-0.4, -0.2) is 18.7 Å². The van der Waals surface area contributed by atoms with Gasteiger partial charge >= 0.3 is 0 Å². The average Bonchev–Trinajstić information content (AvgIpc) is 2.93. The maximum absolute atomic E-state index is 5.63. The van der Waals surface area contributed by atoms with Crippen molar-refractivity contribution < 1.29 is 9.47 Å². The molecule has 1 aromatic heterocycles. The Bertz CT molecular complexity index is 664. The normalized spacial score (nSPS) is 15.2. The first-order chi connectivity index (χ1) is 9.38. The van der Waals surface area contributed by atoms with Crippen molar-refractivity contribution in [2.75, 3.05) is 13.7 Å². The Morgan fingerprint density at radius 1 is 1.11 bits per heavy atom. The molecule has 3 nitrogen and oxygen atoms in total. The van der Waals surface area contributed by atoms with E-state index < -0.39 is 0 Å². The predicted molar refractivity (Wildman–Crippen MR) is 72.8 cm³/mol. The van der Waals surface area contributed by atoms with Gasteiger partial charge in [-0.3, -0.25) is 0 Å². The topological polar surface area (TPSA) is 31.4 Å². The van der Waals surface area contributed by atoms with E-state index >= 15 is 0 Å². The summed E-state index contributed by atoms with van der Waals surface area (Å²) < 4.78 is 11.1. The second-order valence-corrected chi connectivity index (χ2v) is 5.01. The van der Waals surface area contributed by atoms with E-state index in [1.807, 2.05) is 0 Å². The van der Waals surface area contributed by atoms with Gasteiger partial charge in [0.05, 0.1) is 13.7 Å². The fourth-order valence-electron chi connectivity index (χ4n) is 3.19. The first-order valence-corrected chi connectivity index (χ1v) is 6.69. The van der Waals surface area contributed by atoms with Crippen LogP contribution in [0.2, 0.25) is 0 Å². The third-order valence-electron chi connectivity index (χ3n) is 4.04. The van der Waals surface area contributed by atoms with Gasteiger partial charge in [-0.05, 0) is 29.5 Å². The molecule has 4 rings (SSSR count).